The van der Waals surface area contributed by atoms with Gasteiger partial charge < -0.3 is 15.0 Å². The molecule has 1 aliphatic rings. The first kappa shape index (κ1) is 17.4. The van der Waals surface area contributed by atoms with Crippen LogP contribution in [0.5, 0.6) is 5.75 Å². The molecule has 0 fully saturated rings. The number of nitrogens with zero attached hydrogens (tertiary/aromatic N) is 2. The minimum atomic E-state index is -1.12. The van der Waals surface area contributed by atoms with E-state index < -0.39 is 22.7 Å². The maximum atomic E-state index is 12.7. The summed E-state index contributed by atoms with van der Waals surface area (Å²) in [6, 6.07) is 10.8. The minimum Gasteiger partial charge on any atom is -0.497 e. The Balaban J connectivity index is 1.93. The molecule has 3 rings (SSSR count). The van der Waals surface area contributed by atoms with Crippen LogP contribution < -0.4 is 15.0 Å². The molecule has 26 heavy (non-hydrogen) atoms. The van der Waals surface area contributed by atoms with Crippen molar-refractivity contribution in [1.82, 2.24) is 0 Å². The lowest BCUT2D eigenvalue weighted by molar-refractivity contribution is -0.384. The molecule has 134 valence electrons. The summed E-state index contributed by atoms with van der Waals surface area (Å²) in [5, 5.41) is 13.7. The molecule has 1 aliphatic heterocycles. The highest BCUT2D eigenvalue weighted by Gasteiger charge is 2.42. The van der Waals surface area contributed by atoms with Gasteiger partial charge in [0.15, 0.2) is 0 Å². The third-order valence-electron chi connectivity index (χ3n) is 4.27. The maximum absolute atomic E-state index is 12.7. The summed E-state index contributed by atoms with van der Waals surface area (Å²) >= 11 is 0. The number of methoxy groups -OCH3 is 1. The lowest BCUT2D eigenvalue weighted by Crippen LogP contribution is -2.33. The fourth-order valence-electron chi connectivity index (χ4n) is 3.01. The molecule has 0 spiro atoms. The van der Waals surface area contributed by atoms with Crippen LogP contribution in [0.2, 0.25) is 0 Å². The smallest absolute Gasteiger partial charge is 0.269 e. The highest BCUT2D eigenvalue weighted by molar-refractivity contribution is 6.20. The standard InChI is InChI=1S/C18H17N3O5/c1-3-20-15-9-6-12(21(24)25)10-14(15)16(18(20)23)17(22)19-11-4-7-13(26-2)8-5-11/h4-10,16H,3H2,1-2H3,(H,19,22). The molecule has 1 unspecified atom stereocenters. The third kappa shape index (κ3) is 2.97. The van der Waals surface area contributed by atoms with Crippen LogP contribution in [0.4, 0.5) is 17.1 Å². The number of hydrogen-bond acceptors (Lipinski definition) is 5. The zero-order valence-electron chi connectivity index (χ0n) is 14.3. The summed E-state index contributed by atoms with van der Waals surface area (Å²) in [5.74, 6) is -1.41. The first-order chi connectivity index (χ1) is 12.5. The second-order valence-electron chi connectivity index (χ2n) is 5.73. The van der Waals surface area contributed by atoms with Gasteiger partial charge >= 0.3 is 0 Å². The van der Waals surface area contributed by atoms with Gasteiger partial charge in [-0.25, -0.2) is 0 Å². The fourth-order valence-corrected chi connectivity index (χ4v) is 3.01. The first-order valence-corrected chi connectivity index (χ1v) is 8.01. The highest BCUT2D eigenvalue weighted by atomic mass is 16.6. The van der Waals surface area contributed by atoms with Gasteiger partial charge in [-0.3, -0.25) is 19.7 Å². The Labute approximate surface area is 149 Å². The monoisotopic (exact) mass is 355 g/mol. The van der Waals surface area contributed by atoms with E-state index in [0.29, 0.717) is 29.2 Å². The van der Waals surface area contributed by atoms with E-state index in [2.05, 4.69) is 5.32 Å². The van der Waals surface area contributed by atoms with Gasteiger partial charge in [-0.2, -0.15) is 0 Å². The molecule has 2 amide bonds. The number of carbonyl (C=O) groups excluding carboxylic acids is 2. The van der Waals surface area contributed by atoms with Crippen LogP contribution >= 0.6 is 0 Å². The van der Waals surface area contributed by atoms with Gasteiger partial charge in [0.05, 0.1) is 12.0 Å². The number of carbonyl (C=O) groups is 2. The maximum Gasteiger partial charge on any atom is 0.269 e. The van der Waals surface area contributed by atoms with Gasteiger partial charge in [0.1, 0.15) is 11.7 Å². The number of hydrogen-bond donors (Lipinski definition) is 1. The van der Waals surface area contributed by atoms with E-state index in [9.17, 15) is 19.7 Å². The number of nitrogens with one attached hydrogen (secondary N) is 1. The average Bonchev–Trinajstić information content (AvgIpc) is 2.92. The molecule has 1 atom stereocenters. The van der Waals surface area contributed by atoms with Gasteiger partial charge in [-0.1, -0.05) is 0 Å². The molecule has 0 radical (unpaired) electrons. The van der Waals surface area contributed by atoms with Gasteiger partial charge in [0.2, 0.25) is 11.8 Å². The second kappa shape index (κ2) is 6.83. The van der Waals surface area contributed by atoms with Gasteiger partial charge in [-0.05, 0) is 37.3 Å². The van der Waals surface area contributed by atoms with Crippen molar-refractivity contribution in [3.8, 4) is 5.75 Å². The molecule has 1 N–H and O–H groups in total. The Morgan fingerprint density at radius 3 is 2.54 bits per heavy atom. The van der Waals surface area contributed by atoms with Gasteiger partial charge in [-0.15, -0.1) is 0 Å². The zero-order chi connectivity index (χ0) is 18.8. The Morgan fingerprint density at radius 1 is 1.27 bits per heavy atom. The Hall–Kier alpha value is -3.42. The van der Waals surface area contributed by atoms with Crippen molar-refractivity contribution in [2.45, 2.75) is 12.8 Å². The van der Waals surface area contributed by atoms with Crippen LogP contribution in [0.1, 0.15) is 18.4 Å². The van der Waals surface area contributed by atoms with Crippen molar-refractivity contribution in [3.05, 3.63) is 58.1 Å². The van der Waals surface area contributed by atoms with E-state index in [4.69, 9.17) is 4.74 Å². The predicted molar refractivity (Wildman–Crippen MR) is 95.5 cm³/mol. The topological polar surface area (TPSA) is 102 Å². The van der Waals surface area contributed by atoms with Crippen molar-refractivity contribution in [3.63, 3.8) is 0 Å². The summed E-state index contributed by atoms with van der Waals surface area (Å²) in [4.78, 5) is 37.4. The van der Waals surface area contributed by atoms with Crippen molar-refractivity contribution >= 4 is 28.9 Å². The molecule has 0 aliphatic carbocycles. The SMILES string of the molecule is CCN1C(=O)C(C(=O)Nc2ccc(OC)cc2)c2cc([N+](=O)[O-])ccc21. The lowest BCUT2D eigenvalue weighted by Gasteiger charge is -2.15. The number of fused-ring (bicyclic) bond motifs is 1. The van der Waals surface area contributed by atoms with Crippen LogP contribution in [-0.4, -0.2) is 30.4 Å². The van der Waals surface area contributed by atoms with Crippen LogP contribution in [0.25, 0.3) is 0 Å². The van der Waals surface area contributed by atoms with E-state index >= 15 is 0 Å². The van der Waals surface area contributed by atoms with E-state index in [0.717, 1.165) is 0 Å². The molecule has 2 aromatic carbocycles. The fraction of sp³-hybridized carbons (Fsp3) is 0.222. The highest BCUT2D eigenvalue weighted by Crippen LogP contribution is 2.39. The Morgan fingerprint density at radius 2 is 1.96 bits per heavy atom. The number of nitro benzene ring substituents is 1. The lowest BCUT2D eigenvalue weighted by atomic mass is 9.99. The number of non-ortho nitro benzene ring substituents is 1. The Kier molecular flexibility index (Phi) is 4.57. The molecule has 0 saturated heterocycles. The van der Waals surface area contributed by atoms with Gasteiger partial charge in [0.25, 0.3) is 5.69 Å². The average molecular weight is 355 g/mol. The first-order valence-electron chi connectivity index (χ1n) is 8.01. The summed E-state index contributed by atoms with van der Waals surface area (Å²) in [6.45, 7) is 2.16. The Bertz CT molecular complexity index is 879. The largest absolute Gasteiger partial charge is 0.497 e. The molecule has 8 nitrogen and oxygen atoms in total. The summed E-state index contributed by atoms with van der Waals surface area (Å²) < 4.78 is 5.06. The summed E-state index contributed by atoms with van der Waals surface area (Å²) in [7, 11) is 1.54. The molecule has 0 saturated carbocycles. The van der Waals surface area contributed by atoms with Crippen LogP contribution in [-0.2, 0) is 9.59 Å². The minimum absolute atomic E-state index is 0.156. The summed E-state index contributed by atoms with van der Waals surface area (Å²) in [6.07, 6.45) is 0. The van der Waals surface area contributed by atoms with Crippen molar-refractivity contribution in [1.29, 1.82) is 0 Å². The van der Waals surface area contributed by atoms with Gasteiger partial charge in [0, 0.05) is 35.6 Å². The number of ether oxygens (including phenoxy) is 1. The third-order valence-corrected chi connectivity index (χ3v) is 4.27. The number of amides is 2. The van der Waals surface area contributed by atoms with E-state index in [1.165, 1.54) is 30.2 Å². The normalized spacial score (nSPS) is 15.5. The molecule has 2 aromatic rings. The quantitative estimate of drug-likeness (QED) is 0.505. The molecule has 1 heterocycles. The molecule has 0 bridgehead atoms. The van der Waals surface area contributed by atoms with Crippen molar-refractivity contribution < 1.29 is 19.2 Å². The predicted octanol–water partition coefficient (Wildman–Crippen LogP) is 2.69. The number of anilines is 2. The summed E-state index contributed by atoms with van der Waals surface area (Å²) in [5.41, 5.74) is 1.22. The number of nitro groups is 1. The van der Waals surface area contributed by atoms with Crippen LogP contribution in [0, 0.1) is 10.1 Å². The second-order valence-corrected chi connectivity index (χ2v) is 5.73. The van der Waals surface area contributed by atoms with Crippen LogP contribution in [0.15, 0.2) is 42.5 Å². The number of rotatable bonds is 5. The van der Waals surface area contributed by atoms with E-state index in [1.54, 1.807) is 31.2 Å². The molecular weight excluding hydrogens is 338 g/mol. The molecular formula is C18H17N3O5. The zero-order valence-corrected chi connectivity index (χ0v) is 14.3. The molecule has 0 aromatic heterocycles. The molecule has 8 heteroatoms. The van der Waals surface area contributed by atoms with E-state index in [1.807, 2.05) is 0 Å². The van der Waals surface area contributed by atoms with E-state index in [-0.39, 0.29) is 5.69 Å². The number of likely N-dealkylation sites (N-methyl/N-ethyl adjacent to an activating group) is 1. The van der Waals surface area contributed by atoms with Crippen molar-refractivity contribution in [2.75, 3.05) is 23.9 Å². The van der Waals surface area contributed by atoms with Crippen molar-refractivity contribution in [2.24, 2.45) is 0 Å². The number of benzene rings is 2. The van der Waals surface area contributed by atoms with Crippen LogP contribution in [0.3, 0.4) is 0 Å².